The van der Waals surface area contributed by atoms with Gasteiger partial charge < -0.3 is 9.47 Å². The van der Waals surface area contributed by atoms with E-state index in [0.717, 1.165) is 16.7 Å². The van der Waals surface area contributed by atoms with Gasteiger partial charge in [0.2, 0.25) is 0 Å². The molecule has 3 rings (SSSR count). The van der Waals surface area contributed by atoms with Crippen molar-refractivity contribution in [1.82, 2.24) is 0 Å². The maximum absolute atomic E-state index is 12.6. The molecule has 1 heterocycles. The lowest BCUT2D eigenvalue weighted by atomic mass is 9.78. The maximum atomic E-state index is 12.6. The van der Waals surface area contributed by atoms with Gasteiger partial charge in [-0.25, -0.2) is 0 Å². The van der Waals surface area contributed by atoms with Gasteiger partial charge in [0.1, 0.15) is 0 Å². The van der Waals surface area contributed by atoms with Gasteiger partial charge in [-0.3, -0.25) is 9.59 Å². The maximum Gasteiger partial charge on any atom is 0.327 e. The van der Waals surface area contributed by atoms with Crippen molar-refractivity contribution in [2.75, 3.05) is 0 Å². The van der Waals surface area contributed by atoms with Crippen LogP contribution in [-0.2, 0) is 25.5 Å². The Kier molecular flexibility index (Phi) is 3.20. The average Bonchev–Trinajstić information content (AvgIpc) is 2.62. The number of allylic oxidation sites excluding steroid dienone is 3. The Bertz CT molecular complexity index is 677. The van der Waals surface area contributed by atoms with Crippen LogP contribution in [-0.4, -0.2) is 17.7 Å². The number of ether oxygens (including phenoxy) is 2. The van der Waals surface area contributed by atoms with Gasteiger partial charge in [-0.2, -0.15) is 0 Å². The molecule has 0 amide bonds. The predicted molar refractivity (Wildman–Crippen MR) is 81.6 cm³/mol. The van der Waals surface area contributed by atoms with Crippen LogP contribution in [0.2, 0.25) is 0 Å². The second-order valence-electron chi connectivity index (χ2n) is 6.16. The zero-order chi connectivity index (χ0) is 16.0. The third-order valence-electron chi connectivity index (χ3n) is 4.17. The lowest BCUT2D eigenvalue weighted by molar-refractivity contribution is -0.250. The van der Waals surface area contributed by atoms with Crippen LogP contribution < -0.4 is 0 Å². The van der Waals surface area contributed by atoms with E-state index in [4.69, 9.17) is 9.47 Å². The summed E-state index contributed by atoms with van der Waals surface area (Å²) in [6.07, 6.45) is 4.11. The Balaban J connectivity index is 2.11. The Labute approximate surface area is 129 Å². The molecule has 0 N–H and O–H groups in total. The molecule has 0 saturated carbocycles. The highest BCUT2D eigenvalue weighted by Gasteiger charge is 2.56. The van der Waals surface area contributed by atoms with Crippen molar-refractivity contribution < 1.29 is 19.1 Å². The van der Waals surface area contributed by atoms with Crippen molar-refractivity contribution in [2.24, 2.45) is 5.41 Å². The molecule has 1 fully saturated rings. The van der Waals surface area contributed by atoms with E-state index in [2.05, 4.69) is 6.58 Å². The lowest BCUT2D eigenvalue weighted by Gasteiger charge is -2.39. The highest BCUT2D eigenvalue weighted by atomic mass is 16.7. The number of fused-ring (bicyclic) bond motifs is 1. The first-order valence-corrected chi connectivity index (χ1v) is 7.26. The number of hydrogen-bond acceptors (Lipinski definition) is 4. The molecule has 114 valence electrons. The molecule has 0 aromatic heterocycles. The number of carbonyl (C=O) groups excluding carboxylic acids is 2. The van der Waals surface area contributed by atoms with Crippen molar-refractivity contribution in [3.8, 4) is 0 Å². The molecular weight excluding hydrogens is 280 g/mol. The van der Waals surface area contributed by atoms with Crippen LogP contribution in [0.25, 0.3) is 5.57 Å². The minimum absolute atomic E-state index is 0.247. The normalized spacial score (nSPS) is 22.0. The molecule has 0 radical (unpaired) electrons. The van der Waals surface area contributed by atoms with E-state index in [1.165, 1.54) is 0 Å². The molecule has 4 nitrogen and oxygen atoms in total. The molecule has 1 saturated heterocycles. The number of benzene rings is 1. The molecule has 1 aliphatic carbocycles. The first-order valence-electron chi connectivity index (χ1n) is 7.26. The van der Waals surface area contributed by atoms with Crippen molar-refractivity contribution in [2.45, 2.75) is 32.5 Å². The van der Waals surface area contributed by atoms with Gasteiger partial charge in [-0.1, -0.05) is 43.0 Å². The molecule has 0 unspecified atom stereocenters. The van der Waals surface area contributed by atoms with Gasteiger partial charge in [0.25, 0.3) is 5.79 Å². The largest absolute Gasteiger partial charge is 0.422 e. The third kappa shape index (κ3) is 2.15. The smallest absolute Gasteiger partial charge is 0.327 e. The predicted octanol–water partition coefficient (Wildman–Crippen LogP) is 3.02. The van der Waals surface area contributed by atoms with Gasteiger partial charge in [0.15, 0.2) is 5.41 Å². The zero-order valence-electron chi connectivity index (χ0n) is 12.7. The molecule has 1 spiro atoms. The van der Waals surface area contributed by atoms with E-state index in [1.807, 2.05) is 30.3 Å². The van der Waals surface area contributed by atoms with Crippen LogP contribution in [0.1, 0.15) is 31.4 Å². The molecule has 1 aromatic rings. The van der Waals surface area contributed by atoms with E-state index < -0.39 is 23.1 Å². The summed E-state index contributed by atoms with van der Waals surface area (Å²) >= 11 is 0. The Morgan fingerprint density at radius 2 is 1.77 bits per heavy atom. The third-order valence-corrected chi connectivity index (χ3v) is 4.17. The minimum Gasteiger partial charge on any atom is -0.422 e. The molecule has 22 heavy (non-hydrogen) atoms. The summed E-state index contributed by atoms with van der Waals surface area (Å²) in [5.41, 5.74) is 1.51. The lowest BCUT2D eigenvalue weighted by Crippen LogP contribution is -2.54. The monoisotopic (exact) mass is 298 g/mol. The van der Waals surface area contributed by atoms with Crippen LogP contribution in [0.5, 0.6) is 0 Å². The van der Waals surface area contributed by atoms with Crippen LogP contribution in [0, 0.1) is 5.41 Å². The van der Waals surface area contributed by atoms with Gasteiger partial charge in [-0.05, 0) is 23.1 Å². The van der Waals surface area contributed by atoms with Gasteiger partial charge in [0, 0.05) is 20.3 Å². The highest BCUT2D eigenvalue weighted by molar-refractivity contribution is 6.03. The number of cyclic esters (lactones) is 2. The van der Waals surface area contributed by atoms with Crippen molar-refractivity contribution >= 4 is 17.5 Å². The van der Waals surface area contributed by atoms with E-state index in [-0.39, 0.29) is 12.8 Å². The van der Waals surface area contributed by atoms with Gasteiger partial charge in [-0.15, -0.1) is 0 Å². The van der Waals surface area contributed by atoms with Gasteiger partial charge in [0.05, 0.1) is 0 Å². The first-order chi connectivity index (χ1) is 10.4. The summed E-state index contributed by atoms with van der Waals surface area (Å²) < 4.78 is 10.7. The van der Waals surface area contributed by atoms with Crippen LogP contribution in [0.4, 0.5) is 0 Å². The van der Waals surface area contributed by atoms with Crippen molar-refractivity contribution in [3.63, 3.8) is 0 Å². The van der Waals surface area contributed by atoms with E-state index in [1.54, 1.807) is 19.9 Å². The second-order valence-corrected chi connectivity index (χ2v) is 6.16. The fraction of sp³-hybridized carbons (Fsp3) is 0.333. The molecule has 1 aromatic carbocycles. The number of hydrogen-bond donors (Lipinski definition) is 0. The topological polar surface area (TPSA) is 52.6 Å². The van der Waals surface area contributed by atoms with Crippen LogP contribution in [0.15, 0.2) is 43.0 Å². The molecule has 0 bridgehead atoms. The summed E-state index contributed by atoms with van der Waals surface area (Å²) in [6.45, 7) is 6.94. The number of carbonyl (C=O) groups is 2. The van der Waals surface area contributed by atoms with Gasteiger partial charge >= 0.3 is 11.9 Å². The second kappa shape index (κ2) is 4.83. The fourth-order valence-corrected chi connectivity index (χ4v) is 3.00. The molecule has 1 aliphatic heterocycles. The van der Waals surface area contributed by atoms with E-state index >= 15 is 0 Å². The SMILES string of the molecule is C=CC1=CCC2(Cc3ccccc31)C(=O)OC(C)(C)OC2=O. The molecule has 4 heteroatoms. The average molecular weight is 298 g/mol. The summed E-state index contributed by atoms with van der Waals surface area (Å²) in [7, 11) is 0. The summed E-state index contributed by atoms with van der Waals surface area (Å²) in [6, 6.07) is 7.70. The van der Waals surface area contributed by atoms with Crippen LogP contribution in [0.3, 0.4) is 0 Å². The molecule has 2 aliphatic rings. The summed E-state index contributed by atoms with van der Waals surface area (Å²) in [4.78, 5) is 25.2. The number of rotatable bonds is 1. The molecule has 0 atom stereocenters. The fourth-order valence-electron chi connectivity index (χ4n) is 3.00. The van der Waals surface area contributed by atoms with Crippen molar-refractivity contribution in [1.29, 1.82) is 0 Å². The quantitative estimate of drug-likeness (QED) is 0.591. The Hall–Kier alpha value is -2.36. The minimum atomic E-state index is -1.31. The first kappa shape index (κ1) is 14.6. The Morgan fingerprint density at radius 1 is 1.14 bits per heavy atom. The summed E-state index contributed by atoms with van der Waals surface area (Å²) in [5.74, 6) is -2.26. The number of esters is 2. The molecular formula is C18H18O4. The van der Waals surface area contributed by atoms with Crippen LogP contribution >= 0.6 is 0 Å². The summed E-state index contributed by atoms with van der Waals surface area (Å²) in [5, 5.41) is 0. The standard InChI is InChI=1S/C18H18O4/c1-4-12-9-10-18(11-13-7-5-6-8-14(12)13)15(19)21-17(2,3)22-16(18)20/h4-9H,1,10-11H2,2-3H3. The van der Waals surface area contributed by atoms with Crippen molar-refractivity contribution in [3.05, 3.63) is 54.1 Å². The zero-order valence-corrected chi connectivity index (χ0v) is 12.7. The Morgan fingerprint density at radius 3 is 2.41 bits per heavy atom. The highest BCUT2D eigenvalue weighted by Crippen LogP contribution is 2.42. The van der Waals surface area contributed by atoms with E-state index in [0.29, 0.717) is 0 Å². The van der Waals surface area contributed by atoms with E-state index in [9.17, 15) is 9.59 Å².